The molecule has 0 saturated heterocycles. The van der Waals surface area contributed by atoms with Crippen molar-refractivity contribution in [2.75, 3.05) is 0 Å². The van der Waals surface area contributed by atoms with Gasteiger partial charge in [-0.15, -0.1) is 0 Å². The van der Waals surface area contributed by atoms with E-state index in [2.05, 4.69) is 48.2 Å². The third-order valence-corrected chi connectivity index (χ3v) is 3.35. The fourth-order valence-corrected chi connectivity index (χ4v) is 2.17. The molecular formula is C18H23N3. The smallest absolute Gasteiger partial charge is 0.0708 e. The van der Waals surface area contributed by atoms with Crippen molar-refractivity contribution >= 4 is 10.9 Å². The Hall–Kier alpha value is -2.16. The van der Waals surface area contributed by atoms with Crippen molar-refractivity contribution in [1.82, 2.24) is 14.8 Å². The molecule has 1 aromatic carbocycles. The van der Waals surface area contributed by atoms with Gasteiger partial charge in [-0.25, -0.2) is 0 Å². The minimum absolute atomic E-state index is 1.02. The van der Waals surface area contributed by atoms with E-state index in [1.807, 2.05) is 31.7 Å². The highest BCUT2D eigenvalue weighted by molar-refractivity contribution is 5.83. The van der Waals surface area contributed by atoms with Gasteiger partial charge in [0.1, 0.15) is 0 Å². The standard InChI is InChI=1S/C13H11N3.C5H12/c1-16-9-12(8-15-16)11-5-4-10-3-2-6-14-13(10)7-11;1-3-5-4-2/h2-9H,1H3;3-5H2,1-2H3. The molecule has 3 rings (SSSR count). The van der Waals surface area contributed by atoms with Crippen molar-refractivity contribution < 1.29 is 0 Å². The normalized spacial score (nSPS) is 10.2. The molecule has 0 N–H and O–H groups in total. The molecule has 0 bridgehead atoms. The molecule has 0 saturated carbocycles. The second-order valence-corrected chi connectivity index (χ2v) is 5.17. The molecule has 2 aromatic heterocycles. The number of unbranched alkanes of at least 4 members (excludes halogenated alkanes) is 2. The molecule has 0 aliphatic carbocycles. The van der Waals surface area contributed by atoms with Gasteiger partial charge >= 0.3 is 0 Å². The fraction of sp³-hybridized carbons (Fsp3) is 0.333. The van der Waals surface area contributed by atoms with E-state index >= 15 is 0 Å². The number of fused-ring (bicyclic) bond motifs is 1. The lowest BCUT2D eigenvalue weighted by Gasteiger charge is -2.00. The molecular weight excluding hydrogens is 258 g/mol. The van der Waals surface area contributed by atoms with E-state index in [1.165, 1.54) is 19.3 Å². The topological polar surface area (TPSA) is 30.7 Å². The van der Waals surface area contributed by atoms with Crippen LogP contribution in [-0.2, 0) is 7.05 Å². The Labute approximate surface area is 126 Å². The van der Waals surface area contributed by atoms with Crippen LogP contribution in [0.25, 0.3) is 22.0 Å². The number of aromatic nitrogens is 3. The lowest BCUT2D eigenvalue weighted by Crippen LogP contribution is -1.84. The molecule has 0 fully saturated rings. The maximum absolute atomic E-state index is 4.35. The number of hydrogen-bond acceptors (Lipinski definition) is 2. The molecule has 21 heavy (non-hydrogen) atoms. The molecule has 2 heterocycles. The molecule has 3 aromatic rings. The average Bonchev–Trinajstić information content (AvgIpc) is 2.95. The Morgan fingerprint density at radius 3 is 2.48 bits per heavy atom. The van der Waals surface area contributed by atoms with Gasteiger partial charge in [-0.2, -0.15) is 5.10 Å². The zero-order chi connectivity index (χ0) is 15.1. The largest absolute Gasteiger partial charge is 0.275 e. The van der Waals surface area contributed by atoms with E-state index in [0.29, 0.717) is 0 Å². The molecule has 0 aliphatic rings. The first kappa shape index (κ1) is 15.2. The number of rotatable bonds is 3. The highest BCUT2D eigenvalue weighted by Crippen LogP contribution is 2.22. The lowest BCUT2D eigenvalue weighted by molar-refractivity contribution is 0.768. The van der Waals surface area contributed by atoms with Crippen LogP contribution in [-0.4, -0.2) is 14.8 Å². The minimum Gasteiger partial charge on any atom is -0.275 e. The van der Waals surface area contributed by atoms with E-state index in [4.69, 9.17) is 0 Å². The summed E-state index contributed by atoms with van der Waals surface area (Å²) in [7, 11) is 1.92. The van der Waals surface area contributed by atoms with Crippen LogP contribution in [0.1, 0.15) is 33.1 Å². The monoisotopic (exact) mass is 281 g/mol. The van der Waals surface area contributed by atoms with Crippen LogP contribution in [0.15, 0.2) is 48.9 Å². The predicted octanol–water partition coefficient (Wildman–Crippen LogP) is 4.83. The number of pyridine rings is 1. The molecule has 0 radical (unpaired) electrons. The zero-order valence-electron chi connectivity index (χ0n) is 13.1. The SMILES string of the molecule is CCCCC.Cn1cc(-c2ccc3cccnc3c2)cn1. The third-order valence-electron chi connectivity index (χ3n) is 3.35. The van der Waals surface area contributed by atoms with Crippen LogP contribution in [0.4, 0.5) is 0 Å². The van der Waals surface area contributed by atoms with Gasteiger partial charge in [-0.1, -0.05) is 51.3 Å². The summed E-state index contributed by atoms with van der Waals surface area (Å²) in [6.07, 6.45) is 9.76. The first-order valence-electron chi connectivity index (χ1n) is 7.58. The summed E-state index contributed by atoms with van der Waals surface area (Å²) < 4.78 is 1.80. The van der Waals surface area contributed by atoms with Crippen molar-refractivity contribution in [1.29, 1.82) is 0 Å². The Balaban J connectivity index is 0.000000282. The summed E-state index contributed by atoms with van der Waals surface area (Å²) in [6.45, 7) is 4.42. The molecule has 3 heteroatoms. The summed E-state index contributed by atoms with van der Waals surface area (Å²) in [5, 5.41) is 5.33. The lowest BCUT2D eigenvalue weighted by atomic mass is 10.1. The summed E-state index contributed by atoms with van der Waals surface area (Å²) in [5.41, 5.74) is 3.29. The van der Waals surface area contributed by atoms with Crippen molar-refractivity contribution in [2.45, 2.75) is 33.1 Å². The van der Waals surface area contributed by atoms with Crippen molar-refractivity contribution in [2.24, 2.45) is 7.05 Å². The number of nitrogens with zero attached hydrogens (tertiary/aromatic N) is 3. The van der Waals surface area contributed by atoms with Crippen LogP contribution < -0.4 is 0 Å². The first-order valence-corrected chi connectivity index (χ1v) is 7.58. The summed E-state index contributed by atoms with van der Waals surface area (Å²) >= 11 is 0. The summed E-state index contributed by atoms with van der Waals surface area (Å²) in [6, 6.07) is 10.3. The Kier molecular flexibility index (Phi) is 5.50. The zero-order valence-corrected chi connectivity index (χ0v) is 13.1. The second-order valence-electron chi connectivity index (χ2n) is 5.17. The highest BCUT2D eigenvalue weighted by atomic mass is 15.2. The van der Waals surface area contributed by atoms with Crippen LogP contribution in [0.3, 0.4) is 0 Å². The Morgan fingerprint density at radius 2 is 1.86 bits per heavy atom. The average molecular weight is 281 g/mol. The van der Waals surface area contributed by atoms with Crippen molar-refractivity contribution in [3.63, 3.8) is 0 Å². The highest BCUT2D eigenvalue weighted by Gasteiger charge is 2.01. The minimum atomic E-state index is 1.02. The van der Waals surface area contributed by atoms with E-state index < -0.39 is 0 Å². The van der Waals surface area contributed by atoms with Gasteiger partial charge in [0, 0.05) is 30.4 Å². The van der Waals surface area contributed by atoms with Crippen LogP contribution in [0, 0.1) is 0 Å². The predicted molar refractivity (Wildman–Crippen MR) is 89.1 cm³/mol. The quantitative estimate of drug-likeness (QED) is 0.688. The van der Waals surface area contributed by atoms with E-state index in [0.717, 1.165) is 22.0 Å². The van der Waals surface area contributed by atoms with Crippen LogP contribution >= 0.6 is 0 Å². The molecule has 0 aliphatic heterocycles. The fourth-order valence-electron chi connectivity index (χ4n) is 2.17. The van der Waals surface area contributed by atoms with Gasteiger partial charge < -0.3 is 0 Å². The first-order chi connectivity index (χ1) is 10.2. The van der Waals surface area contributed by atoms with Crippen molar-refractivity contribution in [3.8, 4) is 11.1 Å². The molecule has 3 nitrogen and oxygen atoms in total. The summed E-state index contributed by atoms with van der Waals surface area (Å²) in [4.78, 5) is 4.35. The number of hydrogen-bond donors (Lipinski definition) is 0. The van der Waals surface area contributed by atoms with Gasteiger partial charge in [0.2, 0.25) is 0 Å². The van der Waals surface area contributed by atoms with Gasteiger partial charge in [0.15, 0.2) is 0 Å². The van der Waals surface area contributed by atoms with Gasteiger partial charge in [-0.05, 0) is 17.7 Å². The number of aryl methyl sites for hydroxylation is 1. The van der Waals surface area contributed by atoms with E-state index in [1.54, 1.807) is 4.68 Å². The van der Waals surface area contributed by atoms with Crippen LogP contribution in [0.5, 0.6) is 0 Å². The molecule has 0 spiro atoms. The third kappa shape index (κ3) is 4.15. The maximum Gasteiger partial charge on any atom is 0.0708 e. The molecule has 0 unspecified atom stereocenters. The van der Waals surface area contributed by atoms with E-state index in [-0.39, 0.29) is 0 Å². The van der Waals surface area contributed by atoms with Gasteiger partial charge in [-0.3, -0.25) is 9.67 Å². The second kappa shape index (κ2) is 7.58. The van der Waals surface area contributed by atoms with Gasteiger partial charge in [0.25, 0.3) is 0 Å². The molecule has 110 valence electrons. The molecule has 0 atom stereocenters. The Bertz CT molecular complexity index is 684. The maximum atomic E-state index is 4.35. The van der Waals surface area contributed by atoms with Crippen molar-refractivity contribution in [3.05, 3.63) is 48.9 Å². The molecule has 0 amide bonds. The Morgan fingerprint density at radius 1 is 1.05 bits per heavy atom. The number of benzene rings is 1. The van der Waals surface area contributed by atoms with E-state index in [9.17, 15) is 0 Å². The summed E-state index contributed by atoms with van der Waals surface area (Å²) in [5.74, 6) is 0. The van der Waals surface area contributed by atoms with Gasteiger partial charge in [0.05, 0.1) is 11.7 Å². The van der Waals surface area contributed by atoms with Crippen LogP contribution in [0.2, 0.25) is 0 Å².